The van der Waals surface area contributed by atoms with Crippen LogP contribution in [-0.2, 0) is 21.2 Å². The Hall–Kier alpha value is -2.68. The van der Waals surface area contributed by atoms with Crippen molar-refractivity contribution in [2.45, 2.75) is 57.5 Å². The van der Waals surface area contributed by atoms with Crippen molar-refractivity contribution >= 4 is 27.3 Å². The summed E-state index contributed by atoms with van der Waals surface area (Å²) in [5.41, 5.74) is 3.22. The minimum Gasteiger partial charge on any atom is -0.491 e. The highest BCUT2D eigenvalue weighted by molar-refractivity contribution is 7.89. The molecule has 0 saturated carbocycles. The Bertz CT molecular complexity index is 1280. The van der Waals surface area contributed by atoms with Gasteiger partial charge in [0.15, 0.2) is 0 Å². The first-order chi connectivity index (χ1) is 17.2. The molecule has 0 spiro atoms. The number of ether oxygens (including phenoxy) is 1. The van der Waals surface area contributed by atoms with Crippen molar-refractivity contribution < 1.29 is 17.9 Å². The predicted molar refractivity (Wildman–Crippen MR) is 144 cm³/mol. The van der Waals surface area contributed by atoms with Gasteiger partial charge in [0.1, 0.15) is 12.4 Å². The van der Waals surface area contributed by atoms with Crippen LogP contribution in [0.3, 0.4) is 0 Å². The fourth-order valence-electron chi connectivity index (χ4n) is 4.44. The molecular formula is C28H34N2O4S2. The van der Waals surface area contributed by atoms with E-state index in [9.17, 15) is 13.2 Å². The molecule has 0 bridgehead atoms. The molecule has 2 aromatic carbocycles. The van der Waals surface area contributed by atoms with Gasteiger partial charge in [0.25, 0.3) is 0 Å². The number of carbonyl (C=O) groups excluding carboxylic acids is 1. The normalized spacial score (nSPS) is 16.6. The van der Waals surface area contributed by atoms with E-state index < -0.39 is 10.0 Å². The van der Waals surface area contributed by atoms with E-state index in [1.54, 1.807) is 40.5 Å². The van der Waals surface area contributed by atoms with Gasteiger partial charge in [-0.05, 0) is 74.9 Å². The fourth-order valence-corrected chi connectivity index (χ4v) is 7.02. The molecule has 8 heteroatoms. The second-order valence-corrected chi connectivity index (χ2v) is 12.3. The van der Waals surface area contributed by atoms with E-state index in [1.165, 1.54) is 9.18 Å². The Morgan fingerprint density at radius 1 is 1.08 bits per heavy atom. The molecule has 4 rings (SSSR count). The van der Waals surface area contributed by atoms with Gasteiger partial charge in [0.2, 0.25) is 15.9 Å². The Morgan fingerprint density at radius 3 is 2.36 bits per heavy atom. The Labute approximate surface area is 218 Å². The van der Waals surface area contributed by atoms with Crippen molar-refractivity contribution in [3.05, 3.63) is 81.5 Å². The van der Waals surface area contributed by atoms with Crippen LogP contribution in [0, 0.1) is 13.8 Å². The summed E-state index contributed by atoms with van der Waals surface area (Å²) >= 11 is 1.69. The topological polar surface area (TPSA) is 66.9 Å². The molecule has 1 aliphatic heterocycles. The average Bonchev–Trinajstić information content (AvgIpc) is 3.35. The third-order valence-electron chi connectivity index (χ3n) is 6.85. The monoisotopic (exact) mass is 526 g/mol. The summed E-state index contributed by atoms with van der Waals surface area (Å²) in [4.78, 5) is 17.0. The molecule has 0 aliphatic carbocycles. The molecule has 3 aromatic rings. The van der Waals surface area contributed by atoms with Crippen LogP contribution in [0.5, 0.6) is 5.75 Å². The lowest BCUT2D eigenvalue weighted by molar-refractivity contribution is -0.135. The summed E-state index contributed by atoms with van der Waals surface area (Å²) < 4.78 is 34.6. The molecule has 1 aromatic heterocycles. The Kier molecular flexibility index (Phi) is 8.17. The van der Waals surface area contributed by atoms with Crippen LogP contribution in [0.2, 0.25) is 0 Å². The third-order valence-corrected chi connectivity index (χ3v) is 9.82. The summed E-state index contributed by atoms with van der Waals surface area (Å²) in [6.07, 6.45) is 1.36. The van der Waals surface area contributed by atoms with Crippen molar-refractivity contribution in [2.24, 2.45) is 0 Å². The number of carbonyl (C=O) groups is 1. The highest BCUT2D eigenvalue weighted by Crippen LogP contribution is 2.34. The fraction of sp³-hybridized carbons (Fsp3) is 0.393. The molecule has 0 fully saturated rings. The zero-order valence-electron chi connectivity index (χ0n) is 21.3. The SMILES string of the molecule is CC[C@H](C)N(CC(=O)N1CCc2sccc2[C@H]1COc1ccc(C)cc1)S(=O)(=O)c1ccc(C)cc1. The number of hydrogen-bond donors (Lipinski definition) is 0. The summed E-state index contributed by atoms with van der Waals surface area (Å²) in [6, 6.07) is 16.1. The van der Waals surface area contributed by atoms with E-state index in [-0.39, 0.29) is 29.4 Å². The van der Waals surface area contributed by atoms with E-state index >= 15 is 0 Å². The summed E-state index contributed by atoms with van der Waals surface area (Å²) in [6.45, 7) is 8.37. The van der Waals surface area contributed by atoms with Crippen LogP contribution in [0.25, 0.3) is 0 Å². The lowest BCUT2D eigenvalue weighted by atomic mass is 10.0. The molecule has 36 heavy (non-hydrogen) atoms. The van der Waals surface area contributed by atoms with Gasteiger partial charge in [-0.2, -0.15) is 4.31 Å². The van der Waals surface area contributed by atoms with E-state index in [4.69, 9.17) is 4.74 Å². The van der Waals surface area contributed by atoms with Gasteiger partial charge in [0, 0.05) is 17.5 Å². The van der Waals surface area contributed by atoms with Crippen LogP contribution in [0.4, 0.5) is 0 Å². The van der Waals surface area contributed by atoms with Crippen LogP contribution in [-0.4, -0.2) is 49.3 Å². The maximum Gasteiger partial charge on any atom is 0.243 e. The van der Waals surface area contributed by atoms with Gasteiger partial charge in [-0.25, -0.2) is 8.42 Å². The number of benzene rings is 2. The van der Waals surface area contributed by atoms with Crippen LogP contribution in [0.1, 0.15) is 47.9 Å². The molecule has 0 unspecified atom stereocenters. The van der Waals surface area contributed by atoms with Gasteiger partial charge in [-0.3, -0.25) is 4.79 Å². The first kappa shape index (κ1) is 26.4. The Balaban J connectivity index is 1.58. The van der Waals surface area contributed by atoms with Crippen molar-refractivity contribution in [1.82, 2.24) is 9.21 Å². The van der Waals surface area contributed by atoms with Gasteiger partial charge >= 0.3 is 0 Å². The molecular weight excluding hydrogens is 492 g/mol. The number of aryl methyl sites for hydroxylation is 2. The molecule has 0 saturated heterocycles. The number of thiophene rings is 1. The summed E-state index contributed by atoms with van der Waals surface area (Å²) in [5, 5.41) is 2.05. The maximum absolute atomic E-state index is 13.7. The summed E-state index contributed by atoms with van der Waals surface area (Å²) in [5.74, 6) is 0.541. The highest BCUT2D eigenvalue weighted by Gasteiger charge is 2.36. The quantitative estimate of drug-likeness (QED) is 0.377. The molecule has 6 nitrogen and oxygen atoms in total. The zero-order chi connectivity index (χ0) is 25.9. The highest BCUT2D eigenvalue weighted by atomic mass is 32.2. The molecule has 0 radical (unpaired) electrons. The van der Waals surface area contributed by atoms with Crippen molar-refractivity contribution in [3.63, 3.8) is 0 Å². The van der Waals surface area contributed by atoms with Gasteiger partial charge in [-0.1, -0.05) is 42.3 Å². The first-order valence-corrected chi connectivity index (χ1v) is 14.7. The number of rotatable bonds is 9. The van der Waals surface area contributed by atoms with E-state index in [2.05, 4.69) is 6.07 Å². The van der Waals surface area contributed by atoms with Crippen LogP contribution < -0.4 is 4.74 Å². The molecule has 1 aliphatic rings. The maximum atomic E-state index is 13.7. The van der Waals surface area contributed by atoms with Crippen LogP contribution >= 0.6 is 11.3 Å². The van der Waals surface area contributed by atoms with Gasteiger partial charge in [0.05, 0.1) is 17.5 Å². The van der Waals surface area contributed by atoms with E-state index in [0.29, 0.717) is 19.6 Å². The number of sulfonamides is 1. The minimum absolute atomic E-state index is 0.203. The summed E-state index contributed by atoms with van der Waals surface area (Å²) in [7, 11) is -3.83. The zero-order valence-corrected chi connectivity index (χ0v) is 22.9. The number of hydrogen-bond acceptors (Lipinski definition) is 5. The van der Waals surface area contributed by atoms with Crippen molar-refractivity contribution in [2.75, 3.05) is 19.7 Å². The predicted octanol–water partition coefficient (Wildman–Crippen LogP) is 5.36. The van der Waals surface area contributed by atoms with E-state index in [1.807, 2.05) is 57.3 Å². The smallest absolute Gasteiger partial charge is 0.243 e. The van der Waals surface area contributed by atoms with Crippen LogP contribution in [0.15, 0.2) is 64.9 Å². The second-order valence-electron chi connectivity index (χ2n) is 9.40. The largest absolute Gasteiger partial charge is 0.491 e. The molecule has 1 amide bonds. The number of amides is 1. The average molecular weight is 527 g/mol. The van der Waals surface area contributed by atoms with Gasteiger partial charge in [-0.15, -0.1) is 11.3 Å². The molecule has 0 N–H and O–H groups in total. The van der Waals surface area contributed by atoms with E-state index in [0.717, 1.165) is 28.9 Å². The molecule has 2 heterocycles. The van der Waals surface area contributed by atoms with Gasteiger partial charge < -0.3 is 9.64 Å². The lowest BCUT2D eigenvalue weighted by Crippen LogP contribution is -2.49. The molecule has 2 atom stereocenters. The molecule has 192 valence electrons. The second kappa shape index (κ2) is 11.2. The van der Waals surface area contributed by atoms with Crippen molar-refractivity contribution in [3.8, 4) is 5.75 Å². The minimum atomic E-state index is -3.83. The van der Waals surface area contributed by atoms with Crippen molar-refractivity contribution in [1.29, 1.82) is 0 Å². The number of fused-ring (bicyclic) bond motifs is 1. The third kappa shape index (κ3) is 5.66. The number of nitrogens with zero attached hydrogens (tertiary/aromatic N) is 2. The first-order valence-electron chi connectivity index (χ1n) is 12.3. The standard InChI is InChI=1S/C28H34N2O4S2/c1-5-22(4)30(36(32,33)24-12-8-21(3)9-13-24)18-28(31)29-16-14-27-25(15-17-35-27)26(29)19-34-23-10-6-20(2)7-11-23/h6-13,15,17,22,26H,5,14,16,18-19H2,1-4H3/t22-,26+/m0/s1. The Morgan fingerprint density at radius 2 is 1.72 bits per heavy atom. The lowest BCUT2D eigenvalue weighted by Gasteiger charge is -2.37.